The summed E-state index contributed by atoms with van der Waals surface area (Å²) in [4.78, 5) is 16.5. The van der Waals surface area contributed by atoms with E-state index in [0.29, 0.717) is 5.92 Å². The van der Waals surface area contributed by atoms with Gasteiger partial charge in [-0.3, -0.25) is 4.79 Å². The highest BCUT2D eigenvalue weighted by molar-refractivity contribution is 6.02. The van der Waals surface area contributed by atoms with Gasteiger partial charge in [-0.05, 0) is 73.6 Å². The Labute approximate surface area is 152 Å². The van der Waals surface area contributed by atoms with Gasteiger partial charge in [0.05, 0.1) is 12.5 Å². The topological polar surface area (TPSA) is 54.1 Å². The van der Waals surface area contributed by atoms with Crippen molar-refractivity contribution in [3.8, 4) is 5.75 Å². The van der Waals surface area contributed by atoms with Crippen LogP contribution in [-0.4, -0.2) is 18.0 Å². The smallest absolute Gasteiger partial charge is 0.235 e. The van der Waals surface area contributed by atoms with E-state index in [9.17, 15) is 4.79 Å². The Morgan fingerprint density at radius 3 is 2.73 bits per heavy atom. The number of hydrogen-bond donors (Lipinski definition) is 2. The van der Waals surface area contributed by atoms with Gasteiger partial charge >= 0.3 is 0 Å². The summed E-state index contributed by atoms with van der Waals surface area (Å²) >= 11 is 0. The Morgan fingerprint density at radius 2 is 2.00 bits per heavy atom. The molecule has 0 radical (unpaired) electrons. The third-order valence-corrected chi connectivity index (χ3v) is 5.72. The minimum Gasteiger partial charge on any atom is -0.497 e. The number of benzene rings is 2. The molecule has 2 fully saturated rings. The van der Waals surface area contributed by atoms with E-state index in [-0.39, 0.29) is 5.91 Å². The molecule has 1 amide bonds. The van der Waals surface area contributed by atoms with E-state index in [1.54, 1.807) is 7.11 Å². The Balaban J connectivity index is 1.40. The van der Waals surface area contributed by atoms with Gasteiger partial charge in [0.1, 0.15) is 5.75 Å². The van der Waals surface area contributed by atoms with E-state index in [2.05, 4.69) is 28.5 Å². The Morgan fingerprint density at radius 1 is 1.15 bits per heavy atom. The van der Waals surface area contributed by atoms with Crippen LogP contribution in [0, 0.1) is 0 Å². The molecule has 3 aromatic rings. The molecule has 0 spiro atoms. The second-order valence-corrected chi connectivity index (χ2v) is 7.57. The summed E-state index contributed by atoms with van der Waals surface area (Å²) in [6, 6.07) is 16.2. The van der Waals surface area contributed by atoms with Crippen LogP contribution >= 0.6 is 0 Å². The van der Waals surface area contributed by atoms with Crippen LogP contribution in [0.5, 0.6) is 5.75 Å². The number of anilines is 1. The average molecular weight is 346 g/mol. The molecule has 26 heavy (non-hydrogen) atoms. The van der Waals surface area contributed by atoms with E-state index < -0.39 is 5.41 Å². The van der Waals surface area contributed by atoms with E-state index in [4.69, 9.17) is 4.74 Å². The zero-order valence-corrected chi connectivity index (χ0v) is 14.8. The van der Waals surface area contributed by atoms with E-state index in [1.165, 1.54) is 18.5 Å². The van der Waals surface area contributed by atoms with Gasteiger partial charge in [-0.15, -0.1) is 0 Å². The first kappa shape index (κ1) is 15.5. The molecule has 0 unspecified atom stereocenters. The van der Waals surface area contributed by atoms with Crippen LogP contribution in [0.4, 0.5) is 5.69 Å². The first-order chi connectivity index (χ1) is 12.7. The third kappa shape index (κ3) is 2.57. The van der Waals surface area contributed by atoms with Gasteiger partial charge in [0.15, 0.2) is 0 Å². The monoisotopic (exact) mass is 346 g/mol. The molecular weight excluding hydrogens is 324 g/mol. The van der Waals surface area contributed by atoms with E-state index >= 15 is 0 Å². The van der Waals surface area contributed by atoms with Gasteiger partial charge < -0.3 is 15.0 Å². The predicted octanol–water partition coefficient (Wildman–Crippen LogP) is 4.72. The Bertz CT molecular complexity index is 996. The largest absolute Gasteiger partial charge is 0.497 e. The van der Waals surface area contributed by atoms with Crippen LogP contribution in [0.25, 0.3) is 10.9 Å². The summed E-state index contributed by atoms with van der Waals surface area (Å²) in [7, 11) is 1.65. The lowest BCUT2D eigenvalue weighted by molar-refractivity contribution is -0.118. The fraction of sp³-hybridized carbons (Fsp3) is 0.318. The second-order valence-electron chi connectivity index (χ2n) is 7.57. The summed E-state index contributed by atoms with van der Waals surface area (Å²) in [5.74, 6) is 1.56. The number of methoxy groups -OCH3 is 1. The van der Waals surface area contributed by atoms with Gasteiger partial charge in [0.2, 0.25) is 5.91 Å². The maximum absolute atomic E-state index is 13.0. The molecule has 0 bridgehead atoms. The first-order valence-corrected chi connectivity index (χ1v) is 9.27. The van der Waals surface area contributed by atoms with E-state index in [1.807, 2.05) is 30.3 Å². The molecule has 0 aliphatic heterocycles. The fourth-order valence-corrected chi connectivity index (χ4v) is 3.79. The highest BCUT2D eigenvalue weighted by atomic mass is 16.5. The molecule has 2 aromatic carbocycles. The SMILES string of the molecule is COc1cccc(C2(C(=O)Nc3ccc4[nH]c(C5CC5)cc4c3)CC2)c1. The van der Waals surface area contributed by atoms with Crippen molar-refractivity contribution in [2.24, 2.45) is 0 Å². The number of amides is 1. The molecule has 2 saturated carbocycles. The minimum absolute atomic E-state index is 0.0723. The van der Waals surface area contributed by atoms with Crippen molar-refractivity contribution in [2.75, 3.05) is 12.4 Å². The van der Waals surface area contributed by atoms with Gasteiger partial charge in [-0.2, -0.15) is 0 Å². The standard InChI is InChI=1S/C22H22N2O2/c1-26-18-4-2-3-16(13-18)22(9-10-22)21(25)23-17-7-8-19-15(11-17)12-20(24-19)14-5-6-14/h2-4,7-8,11-14,24H,5-6,9-10H2,1H3,(H,23,25). The number of carbonyl (C=O) groups excluding carboxylic acids is 1. The van der Waals surface area contributed by atoms with Crippen molar-refractivity contribution in [3.63, 3.8) is 0 Å². The number of aromatic amines is 1. The van der Waals surface area contributed by atoms with E-state index in [0.717, 1.165) is 40.7 Å². The van der Waals surface area contributed by atoms with Gasteiger partial charge in [-0.25, -0.2) is 0 Å². The van der Waals surface area contributed by atoms with Crippen LogP contribution in [0.15, 0.2) is 48.5 Å². The van der Waals surface area contributed by atoms with Crippen molar-refractivity contribution >= 4 is 22.5 Å². The number of nitrogens with one attached hydrogen (secondary N) is 2. The Hall–Kier alpha value is -2.75. The molecule has 2 aliphatic carbocycles. The molecule has 0 saturated heterocycles. The molecule has 1 heterocycles. The summed E-state index contributed by atoms with van der Waals surface area (Å²) < 4.78 is 5.32. The second kappa shape index (κ2) is 5.63. The maximum Gasteiger partial charge on any atom is 0.235 e. The van der Waals surface area contributed by atoms with Crippen LogP contribution in [-0.2, 0) is 10.2 Å². The highest BCUT2D eigenvalue weighted by Gasteiger charge is 2.51. The van der Waals surface area contributed by atoms with Crippen molar-refractivity contribution in [3.05, 3.63) is 59.8 Å². The molecule has 2 aliphatic rings. The number of fused-ring (bicyclic) bond motifs is 1. The molecule has 1 aromatic heterocycles. The van der Waals surface area contributed by atoms with Crippen molar-refractivity contribution in [2.45, 2.75) is 37.0 Å². The predicted molar refractivity (Wildman–Crippen MR) is 103 cm³/mol. The maximum atomic E-state index is 13.0. The molecule has 4 nitrogen and oxygen atoms in total. The van der Waals surface area contributed by atoms with Crippen LogP contribution < -0.4 is 10.1 Å². The number of ether oxygens (including phenoxy) is 1. The number of aromatic nitrogens is 1. The normalized spacial score (nSPS) is 17.9. The molecule has 5 rings (SSSR count). The lowest BCUT2D eigenvalue weighted by Crippen LogP contribution is -2.27. The highest BCUT2D eigenvalue weighted by Crippen LogP contribution is 2.49. The van der Waals surface area contributed by atoms with Gasteiger partial charge in [0.25, 0.3) is 0 Å². The fourth-order valence-electron chi connectivity index (χ4n) is 3.79. The average Bonchev–Trinajstić information content (AvgIpc) is 3.58. The lowest BCUT2D eigenvalue weighted by Gasteiger charge is -2.16. The first-order valence-electron chi connectivity index (χ1n) is 9.27. The summed E-state index contributed by atoms with van der Waals surface area (Å²) in [6.45, 7) is 0. The number of carbonyl (C=O) groups is 1. The molecular formula is C22H22N2O2. The Kier molecular flexibility index (Phi) is 3.36. The number of hydrogen-bond acceptors (Lipinski definition) is 2. The third-order valence-electron chi connectivity index (χ3n) is 5.72. The van der Waals surface area contributed by atoms with Crippen LogP contribution in [0.2, 0.25) is 0 Å². The van der Waals surface area contributed by atoms with Gasteiger partial charge in [0, 0.05) is 22.3 Å². The molecule has 0 atom stereocenters. The number of rotatable bonds is 5. The summed E-state index contributed by atoms with van der Waals surface area (Å²) in [6.07, 6.45) is 4.31. The number of H-pyrrole nitrogens is 1. The lowest BCUT2D eigenvalue weighted by atomic mass is 9.94. The quantitative estimate of drug-likeness (QED) is 0.702. The summed E-state index contributed by atoms with van der Waals surface area (Å²) in [5, 5.41) is 4.30. The zero-order chi connectivity index (χ0) is 17.7. The van der Waals surface area contributed by atoms with Crippen LogP contribution in [0.1, 0.15) is 42.9 Å². The molecule has 2 N–H and O–H groups in total. The van der Waals surface area contributed by atoms with Gasteiger partial charge in [-0.1, -0.05) is 12.1 Å². The zero-order valence-electron chi connectivity index (χ0n) is 14.8. The summed E-state index contributed by atoms with van der Waals surface area (Å²) in [5.41, 5.74) is 3.93. The molecule has 4 heteroatoms. The van der Waals surface area contributed by atoms with Crippen molar-refractivity contribution in [1.82, 2.24) is 4.98 Å². The minimum atomic E-state index is -0.416. The molecule has 132 valence electrons. The van der Waals surface area contributed by atoms with Crippen molar-refractivity contribution in [1.29, 1.82) is 0 Å². The van der Waals surface area contributed by atoms with Crippen LogP contribution in [0.3, 0.4) is 0 Å². The van der Waals surface area contributed by atoms with Crippen molar-refractivity contribution < 1.29 is 9.53 Å².